The lowest BCUT2D eigenvalue weighted by atomic mass is 9.65. The van der Waals surface area contributed by atoms with E-state index >= 15 is 0 Å². The quantitative estimate of drug-likeness (QED) is 0.660. The standard InChI is InChI=1S/C17H33NO/c1-4-18(5-2)13-17(14-19-3,16-11-12-16)15-9-7-6-8-10-15/h15-16H,4-14H2,1-3H3. The van der Waals surface area contributed by atoms with Crippen LogP contribution in [0.25, 0.3) is 0 Å². The van der Waals surface area contributed by atoms with Crippen LogP contribution < -0.4 is 0 Å². The lowest BCUT2D eigenvalue weighted by molar-refractivity contribution is -0.0273. The molecule has 2 rings (SSSR count). The van der Waals surface area contributed by atoms with Gasteiger partial charge in [0.2, 0.25) is 0 Å². The van der Waals surface area contributed by atoms with Gasteiger partial charge in [0.15, 0.2) is 0 Å². The molecule has 0 aliphatic heterocycles. The smallest absolute Gasteiger partial charge is 0.0536 e. The fourth-order valence-corrected chi connectivity index (χ4v) is 4.34. The van der Waals surface area contributed by atoms with Crippen LogP contribution in [-0.4, -0.2) is 38.3 Å². The molecule has 2 fully saturated rings. The molecular formula is C17H33NO. The predicted octanol–water partition coefficient (Wildman–Crippen LogP) is 3.95. The fourth-order valence-electron chi connectivity index (χ4n) is 4.34. The number of rotatable bonds is 8. The highest BCUT2D eigenvalue weighted by molar-refractivity contribution is 5.00. The number of ether oxygens (including phenoxy) is 1. The Morgan fingerprint density at radius 2 is 1.53 bits per heavy atom. The highest BCUT2D eigenvalue weighted by Gasteiger charge is 2.50. The topological polar surface area (TPSA) is 12.5 Å². The van der Waals surface area contributed by atoms with Gasteiger partial charge in [-0.2, -0.15) is 0 Å². The monoisotopic (exact) mass is 267 g/mol. The Balaban J connectivity index is 2.13. The Labute approximate surface area is 119 Å². The third-order valence-electron chi connectivity index (χ3n) is 5.63. The van der Waals surface area contributed by atoms with Crippen LogP contribution in [0.1, 0.15) is 58.8 Å². The third kappa shape index (κ3) is 3.52. The van der Waals surface area contributed by atoms with Crippen molar-refractivity contribution in [1.29, 1.82) is 0 Å². The normalized spacial score (nSPS) is 24.6. The minimum Gasteiger partial charge on any atom is -0.384 e. The molecule has 0 spiro atoms. The van der Waals surface area contributed by atoms with E-state index in [0.717, 1.165) is 18.4 Å². The lowest BCUT2D eigenvalue weighted by Gasteiger charge is -2.45. The van der Waals surface area contributed by atoms with Crippen LogP contribution in [0, 0.1) is 17.3 Å². The van der Waals surface area contributed by atoms with E-state index in [1.54, 1.807) is 0 Å². The molecule has 0 N–H and O–H groups in total. The molecule has 112 valence electrons. The summed E-state index contributed by atoms with van der Waals surface area (Å²) in [6, 6.07) is 0. The molecule has 0 amide bonds. The van der Waals surface area contributed by atoms with Crippen molar-refractivity contribution in [2.24, 2.45) is 17.3 Å². The Hall–Kier alpha value is -0.0800. The zero-order valence-electron chi connectivity index (χ0n) is 13.3. The fraction of sp³-hybridized carbons (Fsp3) is 1.00. The van der Waals surface area contributed by atoms with E-state index in [-0.39, 0.29) is 0 Å². The van der Waals surface area contributed by atoms with Gasteiger partial charge in [0, 0.05) is 19.1 Å². The summed E-state index contributed by atoms with van der Waals surface area (Å²) in [6.45, 7) is 9.22. The van der Waals surface area contributed by atoms with Crippen LogP contribution in [0.15, 0.2) is 0 Å². The van der Waals surface area contributed by atoms with Gasteiger partial charge < -0.3 is 9.64 Å². The summed E-state index contributed by atoms with van der Waals surface area (Å²) in [7, 11) is 1.90. The van der Waals surface area contributed by atoms with Crippen molar-refractivity contribution in [3.8, 4) is 0 Å². The van der Waals surface area contributed by atoms with Gasteiger partial charge in [0.25, 0.3) is 0 Å². The molecule has 0 bridgehead atoms. The van der Waals surface area contributed by atoms with Gasteiger partial charge in [-0.25, -0.2) is 0 Å². The second kappa shape index (κ2) is 7.08. The summed E-state index contributed by atoms with van der Waals surface area (Å²) in [4.78, 5) is 2.63. The first-order valence-corrected chi connectivity index (χ1v) is 8.48. The van der Waals surface area contributed by atoms with Crippen LogP contribution >= 0.6 is 0 Å². The average Bonchev–Trinajstić information content (AvgIpc) is 3.29. The number of hydrogen-bond donors (Lipinski definition) is 0. The highest BCUT2D eigenvalue weighted by Crippen LogP contribution is 2.54. The van der Waals surface area contributed by atoms with Gasteiger partial charge in [-0.05, 0) is 50.6 Å². The van der Waals surface area contributed by atoms with Gasteiger partial charge in [-0.15, -0.1) is 0 Å². The SMILES string of the molecule is CCN(CC)CC(COC)(C1CCCCC1)C1CC1. The van der Waals surface area contributed by atoms with Gasteiger partial charge in [-0.1, -0.05) is 33.1 Å². The Kier molecular flexibility index (Phi) is 5.70. The van der Waals surface area contributed by atoms with Crippen molar-refractivity contribution in [2.75, 3.05) is 33.4 Å². The van der Waals surface area contributed by atoms with Gasteiger partial charge in [0.05, 0.1) is 6.61 Å². The Morgan fingerprint density at radius 3 is 2.00 bits per heavy atom. The van der Waals surface area contributed by atoms with Crippen LogP contribution in [0.4, 0.5) is 0 Å². The largest absolute Gasteiger partial charge is 0.384 e. The van der Waals surface area contributed by atoms with Crippen molar-refractivity contribution in [2.45, 2.75) is 58.8 Å². The van der Waals surface area contributed by atoms with E-state index in [9.17, 15) is 0 Å². The Morgan fingerprint density at radius 1 is 0.947 bits per heavy atom. The van der Waals surface area contributed by atoms with Gasteiger partial charge in [0.1, 0.15) is 0 Å². The zero-order valence-corrected chi connectivity index (χ0v) is 13.3. The van der Waals surface area contributed by atoms with E-state index in [2.05, 4.69) is 18.7 Å². The molecule has 1 atom stereocenters. The van der Waals surface area contributed by atoms with Crippen LogP contribution in [0.5, 0.6) is 0 Å². The second-order valence-electron chi connectivity index (χ2n) is 6.74. The van der Waals surface area contributed by atoms with Crippen molar-refractivity contribution in [3.05, 3.63) is 0 Å². The van der Waals surface area contributed by atoms with Crippen LogP contribution in [-0.2, 0) is 4.74 Å². The van der Waals surface area contributed by atoms with E-state index in [4.69, 9.17) is 4.74 Å². The summed E-state index contributed by atoms with van der Waals surface area (Å²) in [5, 5.41) is 0. The zero-order chi connectivity index (χ0) is 13.7. The molecule has 0 aromatic carbocycles. The van der Waals surface area contributed by atoms with E-state index in [0.29, 0.717) is 5.41 Å². The minimum atomic E-state index is 0.460. The first-order chi connectivity index (χ1) is 9.26. The molecule has 19 heavy (non-hydrogen) atoms. The molecule has 2 heteroatoms. The molecule has 0 saturated heterocycles. The number of methoxy groups -OCH3 is 1. The number of nitrogens with zero attached hydrogens (tertiary/aromatic N) is 1. The maximum absolute atomic E-state index is 5.73. The number of hydrogen-bond acceptors (Lipinski definition) is 2. The minimum absolute atomic E-state index is 0.460. The maximum atomic E-state index is 5.73. The second-order valence-corrected chi connectivity index (χ2v) is 6.74. The van der Waals surface area contributed by atoms with Crippen molar-refractivity contribution in [1.82, 2.24) is 4.90 Å². The van der Waals surface area contributed by atoms with Crippen LogP contribution in [0.3, 0.4) is 0 Å². The van der Waals surface area contributed by atoms with Crippen molar-refractivity contribution >= 4 is 0 Å². The summed E-state index contributed by atoms with van der Waals surface area (Å²) in [5.41, 5.74) is 0.460. The summed E-state index contributed by atoms with van der Waals surface area (Å²) in [6.07, 6.45) is 10.1. The molecule has 2 saturated carbocycles. The van der Waals surface area contributed by atoms with Crippen molar-refractivity contribution < 1.29 is 4.74 Å². The summed E-state index contributed by atoms with van der Waals surface area (Å²) >= 11 is 0. The molecule has 2 aliphatic carbocycles. The predicted molar refractivity (Wildman–Crippen MR) is 81.4 cm³/mol. The van der Waals surface area contributed by atoms with Crippen molar-refractivity contribution in [3.63, 3.8) is 0 Å². The first-order valence-electron chi connectivity index (χ1n) is 8.48. The molecule has 2 aliphatic rings. The molecule has 0 heterocycles. The van der Waals surface area contributed by atoms with Gasteiger partial charge in [-0.3, -0.25) is 0 Å². The molecule has 0 aromatic rings. The maximum Gasteiger partial charge on any atom is 0.0536 e. The first kappa shape index (κ1) is 15.3. The molecule has 0 radical (unpaired) electrons. The highest BCUT2D eigenvalue weighted by atomic mass is 16.5. The Bertz CT molecular complexity index is 254. The summed E-state index contributed by atoms with van der Waals surface area (Å²) < 4.78 is 5.73. The summed E-state index contributed by atoms with van der Waals surface area (Å²) in [5.74, 6) is 1.85. The molecule has 2 nitrogen and oxygen atoms in total. The molecular weight excluding hydrogens is 234 g/mol. The van der Waals surface area contributed by atoms with E-state index in [1.165, 1.54) is 64.6 Å². The van der Waals surface area contributed by atoms with E-state index in [1.807, 2.05) is 7.11 Å². The van der Waals surface area contributed by atoms with Gasteiger partial charge >= 0.3 is 0 Å². The van der Waals surface area contributed by atoms with E-state index < -0.39 is 0 Å². The molecule has 1 unspecified atom stereocenters. The van der Waals surface area contributed by atoms with Crippen LogP contribution in [0.2, 0.25) is 0 Å². The third-order valence-corrected chi connectivity index (χ3v) is 5.63. The average molecular weight is 267 g/mol. The molecule has 0 aromatic heterocycles. The lowest BCUT2D eigenvalue weighted by Crippen LogP contribution is -2.48.